The topological polar surface area (TPSA) is 167 Å². The average Bonchev–Trinajstić information content (AvgIpc) is 4.10. The summed E-state index contributed by atoms with van der Waals surface area (Å²) in [6.07, 6.45) is 13.5. The molecule has 3 aliphatic heterocycles. The number of fused-ring (bicyclic) bond motifs is 4. The van der Waals surface area contributed by atoms with Crippen LogP contribution < -0.4 is 18.9 Å². The molecule has 5 aliphatic rings. The van der Waals surface area contributed by atoms with E-state index in [0.717, 1.165) is 37.7 Å². The number of benzene rings is 1. The van der Waals surface area contributed by atoms with Crippen LogP contribution in [0.4, 0.5) is 0 Å². The van der Waals surface area contributed by atoms with Gasteiger partial charge >= 0.3 is 5.97 Å². The lowest BCUT2D eigenvalue weighted by atomic mass is 9.90. The van der Waals surface area contributed by atoms with Gasteiger partial charge in [-0.1, -0.05) is 44.1 Å². The molecule has 302 valence electrons. The van der Waals surface area contributed by atoms with E-state index in [2.05, 4.69) is 15.8 Å². The Morgan fingerprint density at radius 2 is 1.82 bits per heavy atom. The summed E-state index contributed by atoms with van der Waals surface area (Å²) >= 11 is 0. The highest BCUT2D eigenvalue weighted by atomic mass is 32.2. The molecule has 7 rings (SSSR count). The van der Waals surface area contributed by atoms with Crippen LogP contribution in [0.1, 0.15) is 96.0 Å². The summed E-state index contributed by atoms with van der Waals surface area (Å²) in [6, 6.07) is 4.47. The zero-order chi connectivity index (χ0) is 39.6. The van der Waals surface area contributed by atoms with Gasteiger partial charge < -0.3 is 23.8 Å². The van der Waals surface area contributed by atoms with E-state index >= 15 is 0 Å². The molecule has 13 nitrogen and oxygen atoms in total. The average molecular weight is 792 g/mol. The first-order valence-electron chi connectivity index (χ1n) is 20.0. The molecule has 0 spiro atoms. The number of pyridine rings is 1. The van der Waals surface area contributed by atoms with Gasteiger partial charge in [0.1, 0.15) is 17.6 Å². The standard InChI is InChI=1S/C42H53N3O10S/c1-26-11-9-10-12-27-17-32-33(20-36(27)52-2)43-38(53-3)21-37(32)55-30-19-34-35(46)23-42(41(49)44-56(50,51)31-15-16-31)22-29(42)14-8-6-4-5-7-13-28(18-39(47)54-25-26)40(48)45(34)24-30/h8,10,12,14,17,20-21,26,28-31,34H,4-7,9,11,13,15-16,18-19,22-25H2,1-3H3,(H,44,49)/b12-10+,14-8-/t26-,28-,29-,30-,34+,42-/m1/s1. The van der Waals surface area contributed by atoms with Gasteiger partial charge in [-0.2, -0.15) is 0 Å². The maximum atomic E-state index is 14.7. The minimum Gasteiger partial charge on any atom is -0.496 e. The van der Waals surface area contributed by atoms with Crippen molar-refractivity contribution in [2.24, 2.45) is 23.2 Å². The second kappa shape index (κ2) is 16.6. The highest BCUT2D eigenvalue weighted by Crippen LogP contribution is 2.57. The van der Waals surface area contributed by atoms with E-state index < -0.39 is 50.6 Å². The Morgan fingerprint density at radius 3 is 2.59 bits per heavy atom. The number of nitrogens with one attached hydrogen (secondary N) is 1. The maximum Gasteiger partial charge on any atom is 0.306 e. The van der Waals surface area contributed by atoms with Crippen molar-refractivity contribution in [3.8, 4) is 17.4 Å². The Hall–Kier alpha value is -4.46. The summed E-state index contributed by atoms with van der Waals surface area (Å²) in [5, 5.41) is 0.0942. The lowest BCUT2D eigenvalue weighted by Gasteiger charge is -2.29. The first-order valence-corrected chi connectivity index (χ1v) is 21.6. The molecule has 4 heterocycles. The molecule has 1 aromatic carbocycles. The second-order valence-corrected chi connectivity index (χ2v) is 18.2. The van der Waals surface area contributed by atoms with Crippen molar-refractivity contribution in [3.63, 3.8) is 0 Å². The SMILES string of the molecule is COc1cc2c3cc(c(OC)cc3n1)/C=C/CC[C@@H](C)COC(=O)C[C@H]1CCCCC/C=C\[C@@H]3C[C@@]3(C(=O)NS(=O)(=O)C3CC3)CC(=O)[C@@H]3C[C@H](CN3C1=O)O2. The number of nitrogens with zero attached hydrogens (tertiary/aromatic N) is 2. The molecule has 2 saturated carbocycles. The van der Waals surface area contributed by atoms with Crippen LogP contribution in [0.2, 0.25) is 0 Å². The molecule has 0 radical (unpaired) electrons. The highest BCUT2D eigenvalue weighted by Gasteiger charge is 2.61. The van der Waals surface area contributed by atoms with Gasteiger partial charge in [0.2, 0.25) is 27.7 Å². The van der Waals surface area contributed by atoms with Crippen LogP contribution in [0, 0.1) is 23.2 Å². The summed E-state index contributed by atoms with van der Waals surface area (Å²) in [5.41, 5.74) is 0.137. The summed E-state index contributed by atoms with van der Waals surface area (Å²) < 4.78 is 51.8. The number of esters is 1. The van der Waals surface area contributed by atoms with E-state index in [-0.39, 0.29) is 55.9 Å². The Morgan fingerprint density at radius 1 is 1.00 bits per heavy atom. The lowest BCUT2D eigenvalue weighted by Crippen LogP contribution is -2.46. The number of ether oxygens (including phenoxy) is 4. The normalized spacial score (nSPS) is 30.4. The Balaban J connectivity index is 1.26. The number of hydrogen-bond acceptors (Lipinski definition) is 11. The van der Waals surface area contributed by atoms with Gasteiger partial charge in [0.05, 0.1) is 56.0 Å². The van der Waals surface area contributed by atoms with E-state index in [1.54, 1.807) is 13.2 Å². The predicted octanol–water partition coefficient (Wildman–Crippen LogP) is 5.69. The summed E-state index contributed by atoms with van der Waals surface area (Å²) in [5.74, 6) is -1.38. The molecular weight excluding hydrogens is 739 g/mol. The molecule has 2 aromatic rings. The van der Waals surface area contributed by atoms with Crippen LogP contribution in [-0.2, 0) is 33.9 Å². The van der Waals surface area contributed by atoms with Gasteiger partial charge in [-0.25, -0.2) is 13.4 Å². The summed E-state index contributed by atoms with van der Waals surface area (Å²) in [4.78, 5) is 62.6. The molecule has 0 unspecified atom stereocenters. The van der Waals surface area contributed by atoms with Gasteiger partial charge in [-0.3, -0.25) is 23.9 Å². The molecule has 2 amide bonds. The number of sulfonamides is 1. The van der Waals surface area contributed by atoms with Gasteiger partial charge in [0, 0.05) is 41.8 Å². The monoisotopic (exact) mass is 791 g/mol. The number of rotatable bonds is 5. The summed E-state index contributed by atoms with van der Waals surface area (Å²) in [7, 11) is -0.749. The highest BCUT2D eigenvalue weighted by molar-refractivity contribution is 7.90. The third-order valence-electron chi connectivity index (χ3n) is 12.0. The Kier molecular flexibility index (Phi) is 11.8. The van der Waals surface area contributed by atoms with Gasteiger partial charge in [0.15, 0.2) is 5.78 Å². The van der Waals surface area contributed by atoms with Crippen molar-refractivity contribution in [3.05, 3.63) is 42.0 Å². The largest absolute Gasteiger partial charge is 0.496 e. The Labute approximate surface area is 328 Å². The zero-order valence-electron chi connectivity index (χ0n) is 32.5. The number of ketones is 1. The molecule has 56 heavy (non-hydrogen) atoms. The number of aromatic nitrogens is 1. The lowest BCUT2D eigenvalue weighted by molar-refractivity contribution is -0.151. The fraction of sp³-hybridized carbons (Fsp3) is 0.595. The van der Waals surface area contributed by atoms with Gasteiger partial charge in [0.25, 0.3) is 0 Å². The summed E-state index contributed by atoms with van der Waals surface area (Å²) in [6.45, 7) is 2.30. The van der Waals surface area contributed by atoms with Crippen molar-refractivity contribution >= 4 is 50.6 Å². The fourth-order valence-corrected chi connectivity index (χ4v) is 9.78. The molecule has 5 bridgehead atoms. The molecule has 3 fully saturated rings. The number of carbonyl (C=O) groups excluding carboxylic acids is 4. The van der Waals surface area contributed by atoms with E-state index in [0.29, 0.717) is 60.4 Å². The Bertz CT molecular complexity index is 2030. The van der Waals surface area contributed by atoms with Crippen molar-refractivity contribution in [2.75, 3.05) is 27.4 Å². The van der Waals surface area contributed by atoms with E-state index in [1.807, 2.05) is 37.3 Å². The zero-order valence-corrected chi connectivity index (χ0v) is 33.3. The van der Waals surface area contributed by atoms with Crippen molar-refractivity contribution < 1.29 is 46.5 Å². The van der Waals surface area contributed by atoms with E-state index in [1.165, 1.54) is 12.0 Å². The quantitative estimate of drug-likeness (QED) is 0.292. The first-order chi connectivity index (χ1) is 26.9. The van der Waals surface area contributed by atoms with Gasteiger partial charge in [-0.05, 0) is 69.3 Å². The maximum absolute atomic E-state index is 14.7. The predicted molar refractivity (Wildman–Crippen MR) is 208 cm³/mol. The van der Waals surface area contributed by atoms with E-state index in [4.69, 9.17) is 18.9 Å². The van der Waals surface area contributed by atoms with E-state index in [9.17, 15) is 27.6 Å². The van der Waals surface area contributed by atoms with Crippen molar-refractivity contribution in [1.29, 1.82) is 0 Å². The third-order valence-corrected chi connectivity index (χ3v) is 13.8. The molecule has 1 aromatic heterocycles. The second-order valence-electron chi connectivity index (χ2n) is 16.3. The fourth-order valence-electron chi connectivity index (χ4n) is 8.40. The number of amides is 2. The minimum absolute atomic E-state index is 0.0610. The minimum atomic E-state index is -3.85. The molecule has 1 N–H and O–H groups in total. The number of methoxy groups -OCH3 is 2. The number of cyclic esters (lactones) is 1. The molecule has 14 heteroatoms. The number of Topliss-reactive ketones (excluding diaryl/α,β-unsaturated/α-hetero) is 1. The van der Waals surface area contributed by atoms with Crippen LogP contribution in [-0.4, -0.2) is 86.6 Å². The molecular formula is C42H53N3O10S. The van der Waals surface area contributed by atoms with Crippen LogP contribution in [0.3, 0.4) is 0 Å². The van der Waals surface area contributed by atoms with Crippen molar-refractivity contribution in [2.45, 2.75) is 108 Å². The van der Waals surface area contributed by atoms with Crippen LogP contribution in [0.25, 0.3) is 17.0 Å². The number of hydrogen-bond donors (Lipinski definition) is 1. The van der Waals surface area contributed by atoms with Crippen LogP contribution >= 0.6 is 0 Å². The van der Waals surface area contributed by atoms with Gasteiger partial charge in [-0.15, -0.1) is 0 Å². The van der Waals surface area contributed by atoms with Crippen molar-refractivity contribution in [1.82, 2.24) is 14.6 Å². The number of carbonyl (C=O) groups is 4. The molecule has 1 saturated heterocycles. The first kappa shape index (κ1) is 39.8. The third kappa shape index (κ3) is 8.74. The smallest absolute Gasteiger partial charge is 0.306 e. The van der Waals surface area contributed by atoms with Crippen LogP contribution in [0.15, 0.2) is 36.4 Å². The molecule has 2 aliphatic carbocycles. The number of allylic oxidation sites excluding steroid dienone is 3. The van der Waals surface area contributed by atoms with Crippen LogP contribution in [0.5, 0.6) is 17.4 Å². The molecule has 6 atom stereocenters.